The largest absolute Gasteiger partial charge is 0.336 e. The minimum atomic E-state index is -0.463. The van der Waals surface area contributed by atoms with Gasteiger partial charge in [0.1, 0.15) is 12.4 Å². The van der Waals surface area contributed by atoms with Gasteiger partial charge in [0, 0.05) is 31.2 Å². The van der Waals surface area contributed by atoms with Gasteiger partial charge in [-0.15, -0.1) is 0 Å². The molecule has 2 saturated heterocycles. The van der Waals surface area contributed by atoms with Crippen LogP contribution in [0.1, 0.15) is 28.8 Å². The first-order valence-electron chi connectivity index (χ1n) is 8.89. The molecule has 0 unspecified atom stereocenters. The second-order valence-corrected chi connectivity index (χ2v) is 6.93. The summed E-state index contributed by atoms with van der Waals surface area (Å²) in [5.41, 5.74) is 1.61. The van der Waals surface area contributed by atoms with Crippen LogP contribution in [0.25, 0.3) is 0 Å². The molecule has 2 aromatic rings. The molecule has 1 aromatic carbocycles. The van der Waals surface area contributed by atoms with Crippen molar-refractivity contribution in [1.82, 2.24) is 19.6 Å². The second-order valence-electron chi connectivity index (χ2n) is 6.93. The third kappa shape index (κ3) is 3.32. The zero-order chi connectivity index (χ0) is 18.1. The summed E-state index contributed by atoms with van der Waals surface area (Å²) in [7, 11) is 0. The number of carbonyl (C=O) groups excluding carboxylic acids is 1. The molecule has 1 atom stereocenters. The molecule has 0 radical (unpaired) electrons. The van der Waals surface area contributed by atoms with Gasteiger partial charge in [0.15, 0.2) is 0 Å². The summed E-state index contributed by atoms with van der Waals surface area (Å²) in [4.78, 5) is 27.4. The summed E-state index contributed by atoms with van der Waals surface area (Å²) in [6.07, 6.45) is 5.05. The van der Waals surface area contributed by atoms with Crippen molar-refractivity contribution in [3.63, 3.8) is 0 Å². The minimum absolute atomic E-state index is 0.0251. The molecule has 2 aliphatic heterocycles. The molecule has 2 aliphatic rings. The smallest absolute Gasteiger partial charge is 0.307 e. The van der Waals surface area contributed by atoms with E-state index in [1.165, 1.54) is 29.9 Å². The van der Waals surface area contributed by atoms with Crippen molar-refractivity contribution in [3.8, 4) is 0 Å². The number of hydrogen-bond donors (Lipinski definition) is 0. The lowest BCUT2D eigenvalue weighted by molar-refractivity contribution is -0.385. The third-order valence-corrected chi connectivity index (χ3v) is 5.25. The molecule has 1 amide bonds. The van der Waals surface area contributed by atoms with Crippen molar-refractivity contribution in [3.05, 3.63) is 57.9 Å². The Balaban J connectivity index is 1.40. The Kier molecular flexibility index (Phi) is 4.42. The standard InChI is InChI=1S/C18H21N5O3/c24-18(21-9-8-20-7-1-2-16(20)12-21)15-5-3-14(4-6-15)11-22-13-17(10-19-22)23(25)26/h3-6,10,13,16H,1-2,7-9,11-12H2/t16-/m0/s1. The molecule has 0 saturated carbocycles. The van der Waals surface area contributed by atoms with Crippen LogP contribution >= 0.6 is 0 Å². The van der Waals surface area contributed by atoms with E-state index in [-0.39, 0.29) is 11.6 Å². The van der Waals surface area contributed by atoms with E-state index < -0.39 is 4.92 Å². The molecule has 4 rings (SSSR count). The van der Waals surface area contributed by atoms with Crippen LogP contribution < -0.4 is 0 Å². The molecule has 1 aromatic heterocycles. The van der Waals surface area contributed by atoms with Gasteiger partial charge in [0.2, 0.25) is 0 Å². The first-order valence-corrected chi connectivity index (χ1v) is 8.89. The average molecular weight is 355 g/mol. The van der Waals surface area contributed by atoms with E-state index in [0.717, 1.165) is 31.7 Å². The monoisotopic (exact) mass is 355 g/mol. The van der Waals surface area contributed by atoms with Gasteiger partial charge in [-0.1, -0.05) is 12.1 Å². The fraction of sp³-hybridized carbons (Fsp3) is 0.444. The second kappa shape index (κ2) is 6.87. The predicted molar refractivity (Wildman–Crippen MR) is 94.9 cm³/mol. The number of benzene rings is 1. The minimum Gasteiger partial charge on any atom is -0.336 e. The van der Waals surface area contributed by atoms with Gasteiger partial charge >= 0.3 is 5.69 Å². The Morgan fingerprint density at radius 2 is 2.04 bits per heavy atom. The van der Waals surface area contributed by atoms with Gasteiger partial charge in [-0.2, -0.15) is 5.10 Å². The SMILES string of the molecule is O=C(c1ccc(Cn2cc([N+](=O)[O-])cn2)cc1)N1CCN2CCC[C@H]2C1. The molecule has 0 spiro atoms. The van der Waals surface area contributed by atoms with E-state index in [0.29, 0.717) is 18.2 Å². The molecule has 8 heteroatoms. The number of piperazine rings is 1. The normalized spacial score (nSPS) is 20.2. The highest BCUT2D eigenvalue weighted by molar-refractivity contribution is 5.94. The quantitative estimate of drug-likeness (QED) is 0.616. The van der Waals surface area contributed by atoms with E-state index in [1.807, 2.05) is 29.2 Å². The predicted octanol–water partition coefficient (Wildman–Crippen LogP) is 1.76. The van der Waals surface area contributed by atoms with Crippen molar-refractivity contribution < 1.29 is 9.72 Å². The van der Waals surface area contributed by atoms with Crippen molar-refractivity contribution in [1.29, 1.82) is 0 Å². The Morgan fingerprint density at radius 3 is 2.77 bits per heavy atom. The van der Waals surface area contributed by atoms with Crippen LogP contribution in [-0.2, 0) is 6.54 Å². The summed E-state index contributed by atoms with van der Waals surface area (Å²) in [6.45, 7) is 4.16. The molecule has 2 fully saturated rings. The molecule has 26 heavy (non-hydrogen) atoms. The maximum Gasteiger partial charge on any atom is 0.307 e. The van der Waals surface area contributed by atoms with Crippen molar-refractivity contribution in [2.75, 3.05) is 26.2 Å². The summed E-state index contributed by atoms with van der Waals surface area (Å²) in [5, 5.41) is 14.7. The fourth-order valence-corrected chi connectivity index (χ4v) is 3.83. The number of fused-ring (bicyclic) bond motifs is 1. The van der Waals surface area contributed by atoms with E-state index in [1.54, 1.807) is 0 Å². The van der Waals surface area contributed by atoms with Crippen LogP contribution in [0.3, 0.4) is 0 Å². The molecule has 3 heterocycles. The van der Waals surface area contributed by atoms with Crippen molar-refractivity contribution in [2.45, 2.75) is 25.4 Å². The molecule has 8 nitrogen and oxygen atoms in total. The third-order valence-electron chi connectivity index (χ3n) is 5.25. The van der Waals surface area contributed by atoms with E-state index in [9.17, 15) is 14.9 Å². The van der Waals surface area contributed by atoms with Gasteiger partial charge in [-0.05, 0) is 37.1 Å². The maximum absolute atomic E-state index is 12.8. The lowest BCUT2D eigenvalue weighted by Gasteiger charge is -2.37. The van der Waals surface area contributed by atoms with Gasteiger partial charge in [0.25, 0.3) is 5.91 Å². The van der Waals surface area contributed by atoms with Crippen LogP contribution in [0.4, 0.5) is 5.69 Å². The Labute approximate surface area is 151 Å². The molecule has 0 bridgehead atoms. The number of nitro groups is 1. The summed E-state index contributed by atoms with van der Waals surface area (Å²) in [5.74, 6) is 0.0813. The molecular weight excluding hydrogens is 334 g/mol. The van der Waals surface area contributed by atoms with Gasteiger partial charge in [-0.25, -0.2) is 0 Å². The highest BCUT2D eigenvalue weighted by atomic mass is 16.6. The summed E-state index contributed by atoms with van der Waals surface area (Å²) < 4.78 is 1.52. The van der Waals surface area contributed by atoms with Gasteiger partial charge in [0.05, 0.1) is 11.5 Å². The Hall–Kier alpha value is -2.74. The fourth-order valence-electron chi connectivity index (χ4n) is 3.83. The average Bonchev–Trinajstić information content (AvgIpc) is 3.30. The van der Waals surface area contributed by atoms with Crippen molar-refractivity contribution >= 4 is 11.6 Å². The maximum atomic E-state index is 12.8. The molecule has 136 valence electrons. The molecule has 0 aliphatic carbocycles. The zero-order valence-corrected chi connectivity index (χ0v) is 14.5. The first kappa shape index (κ1) is 16.7. The molecule has 0 N–H and O–H groups in total. The van der Waals surface area contributed by atoms with Crippen LogP contribution in [0, 0.1) is 10.1 Å². The number of rotatable bonds is 4. The highest BCUT2D eigenvalue weighted by Crippen LogP contribution is 2.22. The van der Waals surface area contributed by atoms with Crippen LogP contribution in [-0.4, -0.2) is 62.6 Å². The highest BCUT2D eigenvalue weighted by Gasteiger charge is 2.32. The van der Waals surface area contributed by atoms with Crippen LogP contribution in [0.15, 0.2) is 36.7 Å². The summed E-state index contributed by atoms with van der Waals surface area (Å²) >= 11 is 0. The number of nitrogens with zero attached hydrogens (tertiary/aromatic N) is 5. The number of hydrogen-bond acceptors (Lipinski definition) is 5. The molecular formula is C18H21N5O3. The Morgan fingerprint density at radius 1 is 1.23 bits per heavy atom. The van der Waals surface area contributed by atoms with E-state index in [2.05, 4.69) is 10.00 Å². The van der Waals surface area contributed by atoms with E-state index in [4.69, 9.17) is 0 Å². The number of aromatic nitrogens is 2. The van der Waals surface area contributed by atoms with Crippen LogP contribution in [0.5, 0.6) is 0 Å². The summed E-state index contributed by atoms with van der Waals surface area (Å²) in [6, 6.07) is 7.94. The first-order chi connectivity index (χ1) is 12.6. The van der Waals surface area contributed by atoms with Crippen molar-refractivity contribution in [2.24, 2.45) is 0 Å². The number of carbonyl (C=O) groups is 1. The Bertz CT molecular complexity index is 816. The van der Waals surface area contributed by atoms with E-state index >= 15 is 0 Å². The lowest BCUT2D eigenvalue weighted by atomic mass is 10.1. The van der Waals surface area contributed by atoms with Gasteiger partial charge in [-0.3, -0.25) is 24.5 Å². The zero-order valence-electron chi connectivity index (χ0n) is 14.5. The number of amides is 1. The topological polar surface area (TPSA) is 84.5 Å². The van der Waals surface area contributed by atoms with Crippen LogP contribution in [0.2, 0.25) is 0 Å². The lowest BCUT2D eigenvalue weighted by Crippen LogP contribution is -2.52. The van der Waals surface area contributed by atoms with Gasteiger partial charge < -0.3 is 4.90 Å².